The second kappa shape index (κ2) is 7.65. The number of halogens is 4. The van der Waals surface area contributed by atoms with E-state index in [1.54, 1.807) is 0 Å². The van der Waals surface area contributed by atoms with Gasteiger partial charge in [-0.15, -0.1) is 10.2 Å². The van der Waals surface area contributed by atoms with E-state index >= 15 is 0 Å². The number of aromatic nitrogens is 2. The van der Waals surface area contributed by atoms with Gasteiger partial charge in [-0.05, 0) is 55.1 Å². The van der Waals surface area contributed by atoms with Gasteiger partial charge in [-0.1, -0.05) is 23.7 Å². The van der Waals surface area contributed by atoms with Crippen LogP contribution in [0.25, 0.3) is 11.3 Å². The molecule has 1 aliphatic heterocycles. The van der Waals surface area contributed by atoms with Gasteiger partial charge in [0.2, 0.25) is 0 Å². The smallest absolute Gasteiger partial charge is 0.340 e. The average molecular weight is 419 g/mol. The van der Waals surface area contributed by atoms with Crippen LogP contribution < -0.4 is 4.90 Å². The van der Waals surface area contributed by atoms with E-state index in [1.165, 1.54) is 6.07 Å². The van der Waals surface area contributed by atoms with Crippen LogP contribution in [0.5, 0.6) is 0 Å². The van der Waals surface area contributed by atoms with Crippen molar-refractivity contribution in [2.24, 2.45) is 0 Å². The highest BCUT2D eigenvalue weighted by Crippen LogP contribution is 2.35. The molecule has 0 amide bonds. The van der Waals surface area contributed by atoms with E-state index < -0.39 is 11.9 Å². The number of fused-ring (bicyclic) bond motifs is 1. The van der Waals surface area contributed by atoms with Crippen LogP contribution in [0.15, 0.2) is 54.6 Å². The van der Waals surface area contributed by atoms with Gasteiger partial charge in [0.05, 0.1) is 5.69 Å². The highest BCUT2D eigenvalue weighted by molar-refractivity contribution is 6.30. The van der Waals surface area contributed by atoms with Gasteiger partial charge in [0.25, 0.3) is 0 Å². The van der Waals surface area contributed by atoms with E-state index in [4.69, 9.17) is 11.6 Å². The standard InChI is InChI=1S/C21H18ClF3N4/c1-28-9-10-29(17-4-2-3-16(22)12-17)19-7-5-14(11-15(19)13-28)18-6-8-20(27-26-18)21(23,24)25/h2-8,11-12H,9-10,13H2,1H3. The minimum absolute atomic E-state index is 0.405. The Bertz CT molecular complexity index is 1020. The molecule has 0 saturated heterocycles. The van der Waals surface area contributed by atoms with Crippen LogP contribution in [0.3, 0.4) is 0 Å². The molecule has 0 unspecified atom stereocenters. The molecule has 0 N–H and O–H groups in total. The fraction of sp³-hybridized carbons (Fsp3) is 0.238. The van der Waals surface area contributed by atoms with Gasteiger partial charge in [-0.2, -0.15) is 13.2 Å². The minimum Gasteiger partial charge on any atom is -0.340 e. The van der Waals surface area contributed by atoms with Crippen LogP contribution >= 0.6 is 11.6 Å². The van der Waals surface area contributed by atoms with Crippen molar-refractivity contribution in [3.8, 4) is 11.3 Å². The summed E-state index contributed by atoms with van der Waals surface area (Å²) in [6.45, 7) is 2.37. The highest BCUT2D eigenvalue weighted by Gasteiger charge is 2.33. The fourth-order valence-electron chi connectivity index (χ4n) is 3.45. The van der Waals surface area contributed by atoms with Gasteiger partial charge in [0.15, 0.2) is 5.69 Å². The first-order chi connectivity index (χ1) is 13.8. The lowest BCUT2D eigenvalue weighted by atomic mass is 10.0. The number of rotatable bonds is 2. The van der Waals surface area contributed by atoms with Crippen LogP contribution in [0.2, 0.25) is 5.02 Å². The maximum atomic E-state index is 12.7. The van der Waals surface area contributed by atoms with Gasteiger partial charge in [-0.3, -0.25) is 0 Å². The van der Waals surface area contributed by atoms with E-state index in [2.05, 4.69) is 20.0 Å². The minimum atomic E-state index is -4.50. The zero-order valence-corrected chi connectivity index (χ0v) is 16.4. The molecule has 150 valence electrons. The van der Waals surface area contributed by atoms with Gasteiger partial charge in [0, 0.05) is 41.6 Å². The third-order valence-electron chi connectivity index (χ3n) is 4.89. The van der Waals surface area contributed by atoms with Crippen molar-refractivity contribution in [3.05, 3.63) is 70.9 Å². The summed E-state index contributed by atoms with van der Waals surface area (Å²) in [5.41, 5.74) is 3.23. The van der Waals surface area contributed by atoms with E-state index in [0.717, 1.165) is 41.7 Å². The number of hydrogen-bond acceptors (Lipinski definition) is 4. The summed E-state index contributed by atoms with van der Waals surface area (Å²) in [5.74, 6) is 0. The monoisotopic (exact) mass is 418 g/mol. The van der Waals surface area contributed by atoms with Crippen LogP contribution in [0.1, 0.15) is 11.3 Å². The van der Waals surface area contributed by atoms with Gasteiger partial charge < -0.3 is 9.80 Å². The molecule has 29 heavy (non-hydrogen) atoms. The molecule has 4 rings (SSSR count). The summed E-state index contributed by atoms with van der Waals surface area (Å²) in [4.78, 5) is 4.40. The molecular formula is C21H18ClF3N4. The second-order valence-electron chi connectivity index (χ2n) is 7.01. The van der Waals surface area contributed by atoms with E-state index in [-0.39, 0.29) is 0 Å². The number of nitrogens with zero attached hydrogens (tertiary/aromatic N) is 4. The van der Waals surface area contributed by atoms with Crippen molar-refractivity contribution >= 4 is 23.0 Å². The number of benzene rings is 2. The summed E-state index contributed by atoms with van der Waals surface area (Å²) in [7, 11) is 2.04. The quantitative estimate of drug-likeness (QED) is 0.558. The summed E-state index contributed by atoms with van der Waals surface area (Å²) < 4.78 is 38.2. The van der Waals surface area contributed by atoms with E-state index in [9.17, 15) is 13.2 Å². The van der Waals surface area contributed by atoms with Crippen molar-refractivity contribution < 1.29 is 13.2 Å². The van der Waals surface area contributed by atoms with E-state index in [1.807, 2.05) is 49.5 Å². The zero-order chi connectivity index (χ0) is 20.6. The van der Waals surface area contributed by atoms with Crippen molar-refractivity contribution in [1.29, 1.82) is 0 Å². The summed E-state index contributed by atoms with van der Waals surface area (Å²) in [6.07, 6.45) is -4.50. The Hall–Kier alpha value is -2.64. The Morgan fingerprint density at radius 2 is 1.79 bits per heavy atom. The Morgan fingerprint density at radius 1 is 0.966 bits per heavy atom. The third-order valence-corrected chi connectivity index (χ3v) is 5.12. The molecule has 0 bridgehead atoms. The maximum Gasteiger partial charge on any atom is 0.435 e. The first-order valence-electron chi connectivity index (χ1n) is 9.07. The fourth-order valence-corrected chi connectivity index (χ4v) is 3.63. The molecule has 1 aromatic heterocycles. The molecule has 0 fully saturated rings. The van der Waals surface area contributed by atoms with Crippen LogP contribution in [0.4, 0.5) is 24.5 Å². The molecule has 8 heteroatoms. The molecule has 0 aliphatic carbocycles. The lowest BCUT2D eigenvalue weighted by molar-refractivity contribution is -0.141. The Balaban J connectivity index is 1.73. The lowest BCUT2D eigenvalue weighted by Gasteiger charge is -2.25. The van der Waals surface area contributed by atoms with E-state index in [0.29, 0.717) is 17.3 Å². The Kier molecular flexibility index (Phi) is 5.19. The number of likely N-dealkylation sites (N-methyl/N-ethyl adjacent to an activating group) is 1. The number of hydrogen-bond donors (Lipinski definition) is 0. The van der Waals surface area contributed by atoms with Crippen molar-refractivity contribution in [2.45, 2.75) is 12.7 Å². The molecule has 4 nitrogen and oxygen atoms in total. The summed E-state index contributed by atoms with van der Waals surface area (Å²) in [6, 6.07) is 15.8. The molecule has 0 spiro atoms. The predicted molar refractivity (Wildman–Crippen MR) is 107 cm³/mol. The summed E-state index contributed by atoms with van der Waals surface area (Å²) in [5, 5.41) is 7.78. The summed E-state index contributed by atoms with van der Waals surface area (Å²) >= 11 is 6.18. The van der Waals surface area contributed by atoms with Crippen molar-refractivity contribution in [2.75, 3.05) is 25.0 Å². The molecule has 0 radical (unpaired) electrons. The maximum absolute atomic E-state index is 12.7. The third kappa shape index (κ3) is 4.21. The Morgan fingerprint density at radius 3 is 2.48 bits per heavy atom. The van der Waals surface area contributed by atoms with Crippen LogP contribution in [-0.4, -0.2) is 35.2 Å². The molecular weight excluding hydrogens is 401 g/mol. The highest BCUT2D eigenvalue weighted by atomic mass is 35.5. The second-order valence-corrected chi connectivity index (χ2v) is 7.45. The number of alkyl halides is 3. The first-order valence-corrected chi connectivity index (χ1v) is 9.45. The molecule has 0 saturated carbocycles. The molecule has 2 heterocycles. The number of anilines is 2. The SMILES string of the molecule is CN1CCN(c2cccc(Cl)c2)c2ccc(-c3ccc(C(F)(F)F)nn3)cc2C1. The average Bonchev–Trinajstić information content (AvgIpc) is 2.85. The van der Waals surface area contributed by atoms with Crippen LogP contribution in [0, 0.1) is 0 Å². The Labute approximate surface area is 171 Å². The zero-order valence-electron chi connectivity index (χ0n) is 15.6. The molecule has 0 atom stereocenters. The van der Waals surface area contributed by atoms with Crippen molar-refractivity contribution in [3.63, 3.8) is 0 Å². The van der Waals surface area contributed by atoms with Gasteiger partial charge in [-0.25, -0.2) is 0 Å². The van der Waals surface area contributed by atoms with Gasteiger partial charge in [0.1, 0.15) is 0 Å². The topological polar surface area (TPSA) is 32.3 Å². The lowest BCUT2D eigenvalue weighted by Crippen LogP contribution is -2.26. The molecule has 3 aromatic rings. The van der Waals surface area contributed by atoms with Gasteiger partial charge >= 0.3 is 6.18 Å². The molecule has 2 aromatic carbocycles. The largest absolute Gasteiger partial charge is 0.435 e. The first kappa shape index (κ1) is 19.7. The molecule has 1 aliphatic rings. The van der Waals surface area contributed by atoms with Crippen LogP contribution in [-0.2, 0) is 12.7 Å². The normalized spacial score (nSPS) is 15.1. The predicted octanol–water partition coefficient (Wildman–Crippen LogP) is 5.40. The van der Waals surface area contributed by atoms with Crippen molar-refractivity contribution in [1.82, 2.24) is 15.1 Å².